The maximum absolute atomic E-state index is 10.2. The lowest BCUT2D eigenvalue weighted by Crippen LogP contribution is -2.51. The Morgan fingerprint density at radius 3 is 2.67 bits per heavy atom. The molecule has 5 heteroatoms. The molecule has 3 rings (SSSR count). The number of amidine groups is 1. The van der Waals surface area contributed by atoms with Gasteiger partial charge < -0.3 is 19.5 Å². The second-order valence-corrected chi connectivity index (χ2v) is 7.21. The van der Waals surface area contributed by atoms with Gasteiger partial charge in [-0.25, -0.2) is 4.99 Å². The summed E-state index contributed by atoms with van der Waals surface area (Å²) in [7, 11) is 3.87. The van der Waals surface area contributed by atoms with Gasteiger partial charge in [0.15, 0.2) is 0 Å². The van der Waals surface area contributed by atoms with Crippen molar-refractivity contribution in [2.75, 3.05) is 14.1 Å². The Balaban J connectivity index is 1.78. The van der Waals surface area contributed by atoms with Crippen LogP contribution in [0.1, 0.15) is 25.8 Å². The molecule has 1 fully saturated rings. The van der Waals surface area contributed by atoms with E-state index in [9.17, 15) is 5.11 Å². The second-order valence-electron chi connectivity index (χ2n) is 7.21. The Morgan fingerprint density at radius 2 is 2.04 bits per heavy atom. The number of nitrogens with zero attached hydrogens (tertiary/aromatic N) is 2. The van der Waals surface area contributed by atoms with Crippen LogP contribution in [-0.4, -0.2) is 54.5 Å². The van der Waals surface area contributed by atoms with E-state index in [-0.39, 0.29) is 36.2 Å². The number of aliphatic imine (C=N–C) groups is 1. The van der Waals surface area contributed by atoms with Crippen molar-refractivity contribution >= 4 is 6.02 Å². The van der Waals surface area contributed by atoms with Crippen molar-refractivity contribution < 1.29 is 14.6 Å². The summed E-state index contributed by atoms with van der Waals surface area (Å²) in [5, 5.41) is 10.2. The van der Waals surface area contributed by atoms with Crippen LogP contribution >= 0.6 is 0 Å². The van der Waals surface area contributed by atoms with E-state index in [2.05, 4.69) is 19.1 Å². The first-order valence-corrected chi connectivity index (χ1v) is 8.72. The molecule has 132 valence electrons. The van der Waals surface area contributed by atoms with E-state index >= 15 is 0 Å². The minimum Gasteiger partial charge on any atom is -0.459 e. The molecule has 0 radical (unpaired) electrons. The molecule has 0 bridgehead atoms. The van der Waals surface area contributed by atoms with Crippen LogP contribution in [-0.2, 0) is 16.1 Å². The summed E-state index contributed by atoms with van der Waals surface area (Å²) < 4.78 is 12.3. The van der Waals surface area contributed by atoms with E-state index in [1.807, 2.05) is 44.1 Å². The summed E-state index contributed by atoms with van der Waals surface area (Å²) in [6.07, 6.45) is 0.367. The van der Waals surface area contributed by atoms with Crippen LogP contribution in [0.3, 0.4) is 0 Å². The van der Waals surface area contributed by atoms with Gasteiger partial charge in [0.25, 0.3) is 6.02 Å². The van der Waals surface area contributed by atoms with Crippen molar-refractivity contribution in [3.63, 3.8) is 0 Å². The van der Waals surface area contributed by atoms with Crippen LogP contribution in [0.4, 0.5) is 0 Å². The van der Waals surface area contributed by atoms with Gasteiger partial charge in [0.05, 0.1) is 18.8 Å². The normalized spacial score (nSPS) is 33.4. The molecule has 6 atom stereocenters. The number of fused-ring (bicyclic) bond motifs is 1. The predicted octanol–water partition coefficient (Wildman–Crippen LogP) is 2.29. The number of benzene rings is 1. The zero-order chi connectivity index (χ0) is 17.3. The van der Waals surface area contributed by atoms with E-state index in [0.717, 1.165) is 12.0 Å². The Morgan fingerprint density at radius 1 is 1.33 bits per heavy atom. The molecule has 1 heterocycles. The van der Waals surface area contributed by atoms with Gasteiger partial charge in [-0.2, -0.15) is 0 Å². The van der Waals surface area contributed by atoms with Crippen LogP contribution in [0.25, 0.3) is 0 Å². The van der Waals surface area contributed by atoms with Crippen LogP contribution in [0.15, 0.2) is 35.3 Å². The van der Waals surface area contributed by atoms with Crippen molar-refractivity contribution in [1.82, 2.24) is 4.90 Å². The smallest absolute Gasteiger partial charge is 0.287 e. The summed E-state index contributed by atoms with van der Waals surface area (Å²) in [6, 6.07) is 10.8. The van der Waals surface area contributed by atoms with Crippen LogP contribution < -0.4 is 0 Å². The van der Waals surface area contributed by atoms with E-state index in [1.54, 1.807) is 0 Å². The molecule has 0 spiro atoms. The molecule has 1 aromatic carbocycles. The molecular formula is C19H28N2O3. The van der Waals surface area contributed by atoms with E-state index < -0.39 is 0 Å². The first kappa shape index (κ1) is 17.2. The summed E-state index contributed by atoms with van der Waals surface area (Å²) in [5.41, 5.74) is 1.15. The monoisotopic (exact) mass is 332 g/mol. The van der Waals surface area contributed by atoms with Gasteiger partial charge in [-0.3, -0.25) is 0 Å². The lowest BCUT2D eigenvalue weighted by Gasteiger charge is -2.42. The molecule has 24 heavy (non-hydrogen) atoms. The number of ether oxygens (including phenoxy) is 2. The Bertz CT molecular complexity index is 573. The minimum atomic E-state index is -0.379. The quantitative estimate of drug-likeness (QED) is 0.919. The Labute approximate surface area is 144 Å². The predicted molar refractivity (Wildman–Crippen MR) is 93.8 cm³/mol. The molecule has 1 aliphatic carbocycles. The van der Waals surface area contributed by atoms with Gasteiger partial charge in [0, 0.05) is 14.1 Å². The van der Waals surface area contributed by atoms with E-state index in [0.29, 0.717) is 12.6 Å². The summed E-state index contributed by atoms with van der Waals surface area (Å²) >= 11 is 0. The number of rotatable bonds is 4. The summed E-state index contributed by atoms with van der Waals surface area (Å²) in [6.45, 7) is 4.57. The molecule has 1 N–H and O–H groups in total. The molecule has 0 aromatic heterocycles. The van der Waals surface area contributed by atoms with Gasteiger partial charge in [-0.15, -0.1) is 0 Å². The molecule has 5 nitrogen and oxygen atoms in total. The lowest BCUT2D eigenvalue weighted by atomic mass is 9.72. The zero-order valence-corrected chi connectivity index (χ0v) is 14.9. The van der Waals surface area contributed by atoms with Crippen molar-refractivity contribution in [2.24, 2.45) is 16.8 Å². The molecule has 2 aliphatic rings. The van der Waals surface area contributed by atoms with Crippen LogP contribution in [0.2, 0.25) is 0 Å². The molecule has 0 amide bonds. The number of hydrogen-bond acceptors (Lipinski definition) is 5. The van der Waals surface area contributed by atoms with E-state index in [1.165, 1.54) is 0 Å². The first-order chi connectivity index (χ1) is 11.5. The zero-order valence-electron chi connectivity index (χ0n) is 14.9. The Kier molecular flexibility index (Phi) is 5.11. The third kappa shape index (κ3) is 3.42. The highest BCUT2D eigenvalue weighted by Gasteiger charge is 2.49. The third-order valence-electron chi connectivity index (χ3n) is 5.22. The fraction of sp³-hybridized carbons (Fsp3) is 0.632. The molecule has 1 unspecified atom stereocenters. The highest BCUT2D eigenvalue weighted by atomic mass is 16.5. The summed E-state index contributed by atoms with van der Waals surface area (Å²) in [4.78, 5) is 6.66. The van der Waals surface area contributed by atoms with Gasteiger partial charge in [-0.05, 0) is 30.7 Å². The molecule has 1 saturated carbocycles. The standard InChI is InChI=1S/C19H28N2O3/c1-12-15(13(2)22)10-16-17(20-19(24-16)21(3)4)18(12)23-11-14-8-6-5-7-9-14/h5-9,12-13,15-18,22H,10-11H2,1-4H3/t12-,13?,15+,16+,17+,18+/m1/s1. The SMILES string of the molecule is CC(O)[C@H]1C[C@@H]2OC(N(C)C)=N[C@@H]2[C@@H](OCc2ccccc2)[C@@H]1C. The van der Waals surface area contributed by atoms with Gasteiger partial charge in [0.2, 0.25) is 0 Å². The summed E-state index contributed by atoms with van der Waals surface area (Å²) in [5.74, 6) is 0.382. The highest BCUT2D eigenvalue weighted by Crippen LogP contribution is 2.40. The fourth-order valence-electron chi connectivity index (χ4n) is 3.83. The van der Waals surface area contributed by atoms with Crippen LogP contribution in [0, 0.1) is 11.8 Å². The largest absolute Gasteiger partial charge is 0.459 e. The first-order valence-electron chi connectivity index (χ1n) is 8.72. The average molecular weight is 332 g/mol. The Hall–Kier alpha value is -1.59. The van der Waals surface area contributed by atoms with Crippen molar-refractivity contribution in [3.8, 4) is 0 Å². The molecule has 0 saturated heterocycles. The topological polar surface area (TPSA) is 54.3 Å². The number of aliphatic hydroxyl groups is 1. The molecule has 1 aromatic rings. The van der Waals surface area contributed by atoms with Gasteiger partial charge in [0.1, 0.15) is 12.1 Å². The third-order valence-corrected chi connectivity index (χ3v) is 5.22. The van der Waals surface area contributed by atoms with Crippen molar-refractivity contribution in [3.05, 3.63) is 35.9 Å². The minimum absolute atomic E-state index is 0.00360. The number of aliphatic hydroxyl groups excluding tert-OH is 1. The van der Waals surface area contributed by atoms with E-state index in [4.69, 9.17) is 14.5 Å². The highest BCUT2D eigenvalue weighted by molar-refractivity contribution is 5.75. The van der Waals surface area contributed by atoms with Crippen molar-refractivity contribution in [2.45, 2.75) is 51.2 Å². The molecular weight excluding hydrogens is 304 g/mol. The molecule has 1 aliphatic heterocycles. The maximum Gasteiger partial charge on any atom is 0.287 e. The average Bonchev–Trinajstić information content (AvgIpc) is 2.98. The van der Waals surface area contributed by atoms with Gasteiger partial charge in [-0.1, -0.05) is 37.3 Å². The second kappa shape index (κ2) is 7.11. The fourth-order valence-corrected chi connectivity index (χ4v) is 3.83. The lowest BCUT2D eigenvalue weighted by molar-refractivity contribution is -0.0981. The maximum atomic E-state index is 10.2. The van der Waals surface area contributed by atoms with Gasteiger partial charge >= 0.3 is 0 Å². The van der Waals surface area contributed by atoms with Crippen molar-refractivity contribution in [1.29, 1.82) is 0 Å². The van der Waals surface area contributed by atoms with Crippen LogP contribution in [0.5, 0.6) is 0 Å². The number of hydrogen-bond donors (Lipinski definition) is 1.